The van der Waals surface area contributed by atoms with Crippen molar-refractivity contribution < 1.29 is 28.5 Å². The number of benzene rings is 3. The van der Waals surface area contributed by atoms with Crippen molar-refractivity contribution in [2.45, 2.75) is 63.1 Å². The molecule has 0 spiro atoms. The van der Waals surface area contributed by atoms with E-state index in [1.165, 1.54) is 7.11 Å². The maximum atomic E-state index is 11.7. The van der Waals surface area contributed by atoms with Crippen LogP contribution in [0.4, 0.5) is 0 Å². The summed E-state index contributed by atoms with van der Waals surface area (Å²) in [6, 6.07) is 29.4. The Kier molecular flexibility index (Phi) is 10.9. The predicted molar refractivity (Wildman–Crippen MR) is 144 cm³/mol. The summed E-state index contributed by atoms with van der Waals surface area (Å²) in [6.45, 7) is 1.51. The van der Waals surface area contributed by atoms with Crippen molar-refractivity contribution in [1.29, 1.82) is 0 Å². The van der Waals surface area contributed by atoms with Gasteiger partial charge < -0.3 is 29.4 Å². The molecule has 0 saturated carbocycles. The van der Waals surface area contributed by atoms with Gasteiger partial charge in [-0.3, -0.25) is 4.79 Å². The Hall–Kier alpha value is -3.07. The molecule has 1 saturated heterocycles. The molecule has 3 aromatic carbocycles. The SMILES string of the molecule is COC(=O)CC[C@@H]1O[C@H]1[C@@H](OCc1ccccc1)[C@H](OCc1ccccc1)[C@H](N)COCc1ccccc1. The van der Waals surface area contributed by atoms with Gasteiger partial charge in [-0.25, -0.2) is 0 Å². The van der Waals surface area contributed by atoms with Crippen LogP contribution in [0.2, 0.25) is 0 Å². The van der Waals surface area contributed by atoms with Gasteiger partial charge in [0.2, 0.25) is 0 Å². The van der Waals surface area contributed by atoms with Gasteiger partial charge in [-0.2, -0.15) is 0 Å². The lowest BCUT2D eigenvalue weighted by molar-refractivity contribution is -0.140. The topological polar surface area (TPSA) is 92.5 Å². The highest BCUT2D eigenvalue weighted by Gasteiger charge is 2.50. The summed E-state index contributed by atoms with van der Waals surface area (Å²) in [4.78, 5) is 11.7. The van der Waals surface area contributed by atoms with E-state index in [2.05, 4.69) is 0 Å². The molecule has 0 aliphatic carbocycles. The van der Waals surface area contributed by atoms with Crippen molar-refractivity contribution in [2.75, 3.05) is 13.7 Å². The highest BCUT2D eigenvalue weighted by atomic mass is 16.6. The van der Waals surface area contributed by atoms with Crippen LogP contribution in [0, 0.1) is 0 Å². The summed E-state index contributed by atoms with van der Waals surface area (Å²) in [5.74, 6) is -0.260. The fourth-order valence-corrected chi connectivity index (χ4v) is 4.39. The quantitative estimate of drug-likeness (QED) is 0.221. The fraction of sp³-hybridized carbons (Fsp3) is 0.387. The molecule has 7 nitrogen and oxygen atoms in total. The second-order valence-corrected chi connectivity index (χ2v) is 9.44. The van der Waals surface area contributed by atoms with Gasteiger partial charge in [0.05, 0.1) is 45.7 Å². The Balaban J connectivity index is 1.47. The molecule has 38 heavy (non-hydrogen) atoms. The number of nitrogens with two attached hydrogens (primary N) is 1. The zero-order valence-corrected chi connectivity index (χ0v) is 21.8. The van der Waals surface area contributed by atoms with Gasteiger partial charge in [-0.05, 0) is 23.1 Å². The van der Waals surface area contributed by atoms with Gasteiger partial charge >= 0.3 is 5.97 Å². The van der Waals surface area contributed by atoms with Crippen LogP contribution in [0.5, 0.6) is 0 Å². The van der Waals surface area contributed by atoms with Crippen LogP contribution in [-0.4, -0.2) is 50.1 Å². The van der Waals surface area contributed by atoms with E-state index < -0.39 is 18.2 Å². The van der Waals surface area contributed by atoms with Gasteiger partial charge in [-0.1, -0.05) is 91.0 Å². The van der Waals surface area contributed by atoms with Crippen molar-refractivity contribution in [3.05, 3.63) is 108 Å². The largest absolute Gasteiger partial charge is 0.469 e. The van der Waals surface area contributed by atoms with E-state index in [-0.39, 0.29) is 24.6 Å². The number of esters is 1. The van der Waals surface area contributed by atoms with E-state index in [9.17, 15) is 4.79 Å². The summed E-state index contributed by atoms with van der Waals surface area (Å²) in [7, 11) is 1.39. The van der Waals surface area contributed by atoms with Crippen LogP contribution in [0.3, 0.4) is 0 Å². The number of ether oxygens (including phenoxy) is 5. The Morgan fingerprint density at radius 3 is 1.89 bits per heavy atom. The second kappa shape index (κ2) is 14.8. The maximum absolute atomic E-state index is 11.7. The first-order valence-corrected chi connectivity index (χ1v) is 13.0. The second-order valence-electron chi connectivity index (χ2n) is 9.44. The number of hydrogen-bond acceptors (Lipinski definition) is 7. The molecule has 4 rings (SSSR count). The van der Waals surface area contributed by atoms with E-state index in [0.29, 0.717) is 32.8 Å². The van der Waals surface area contributed by atoms with Gasteiger partial charge in [0, 0.05) is 6.42 Å². The monoisotopic (exact) mass is 519 g/mol. The molecule has 1 heterocycles. The van der Waals surface area contributed by atoms with Crippen molar-refractivity contribution in [3.8, 4) is 0 Å². The number of methoxy groups -OCH3 is 1. The molecule has 5 atom stereocenters. The van der Waals surface area contributed by atoms with Gasteiger partial charge in [0.25, 0.3) is 0 Å². The molecular weight excluding hydrogens is 482 g/mol. The lowest BCUT2D eigenvalue weighted by Gasteiger charge is -2.31. The summed E-state index contributed by atoms with van der Waals surface area (Å²) in [5, 5.41) is 0. The number of hydrogen-bond donors (Lipinski definition) is 1. The van der Waals surface area contributed by atoms with E-state index in [0.717, 1.165) is 16.7 Å². The molecule has 202 valence electrons. The first-order chi connectivity index (χ1) is 18.6. The summed E-state index contributed by atoms with van der Waals surface area (Å²) in [5.41, 5.74) is 9.87. The third-order valence-corrected chi connectivity index (χ3v) is 6.54. The van der Waals surface area contributed by atoms with Crippen molar-refractivity contribution in [1.82, 2.24) is 0 Å². The molecule has 0 bridgehead atoms. The van der Waals surface area contributed by atoms with Gasteiger partial charge in [-0.15, -0.1) is 0 Å². The Morgan fingerprint density at radius 2 is 1.34 bits per heavy atom. The van der Waals surface area contributed by atoms with E-state index in [4.69, 9.17) is 29.4 Å². The predicted octanol–water partition coefficient (Wildman–Crippen LogP) is 4.42. The third kappa shape index (κ3) is 8.75. The number of carbonyl (C=O) groups is 1. The van der Waals surface area contributed by atoms with E-state index in [1.54, 1.807) is 0 Å². The first-order valence-electron chi connectivity index (χ1n) is 13.0. The Morgan fingerprint density at radius 1 is 0.816 bits per heavy atom. The van der Waals surface area contributed by atoms with Crippen molar-refractivity contribution in [2.24, 2.45) is 5.73 Å². The molecule has 0 radical (unpaired) electrons. The average molecular weight is 520 g/mol. The number of epoxide rings is 1. The number of rotatable bonds is 16. The summed E-state index contributed by atoms with van der Waals surface area (Å²) >= 11 is 0. The number of carbonyl (C=O) groups excluding carboxylic acids is 1. The molecule has 0 aromatic heterocycles. The minimum atomic E-state index is -0.497. The van der Waals surface area contributed by atoms with Gasteiger partial charge in [0.15, 0.2) is 0 Å². The average Bonchev–Trinajstić information content (AvgIpc) is 3.74. The lowest BCUT2D eigenvalue weighted by atomic mass is 10.00. The van der Waals surface area contributed by atoms with E-state index >= 15 is 0 Å². The molecule has 7 heteroatoms. The van der Waals surface area contributed by atoms with Crippen LogP contribution < -0.4 is 5.73 Å². The van der Waals surface area contributed by atoms with Gasteiger partial charge in [0.1, 0.15) is 18.3 Å². The molecule has 0 unspecified atom stereocenters. The molecule has 2 N–H and O–H groups in total. The van der Waals surface area contributed by atoms with E-state index in [1.807, 2.05) is 91.0 Å². The van der Waals surface area contributed by atoms with Crippen LogP contribution in [-0.2, 0) is 48.3 Å². The maximum Gasteiger partial charge on any atom is 0.305 e. The zero-order valence-electron chi connectivity index (χ0n) is 21.8. The molecule has 0 amide bonds. The highest BCUT2D eigenvalue weighted by Crippen LogP contribution is 2.35. The first kappa shape index (κ1) is 28.0. The molecule has 3 aromatic rings. The van der Waals surface area contributed by atoms with Crippen LogP contribution in [0.15, 0.2) is 91.0 Å². The molecule has 1 aliphatic rings. The fourth-order valence-electron chi connectivity index (χ4n) is 4.39. The molecular formula is C31H37NO6. The van der Waals surface area contributed by atoms with Crippen molar-refractivity contribution in [3.63, 3.8) is 0 Å². The normalized spacial score (nSPS) is 18.9. The molecule has 1 fully saturated rings. The highest BCUT2D eigenvalue weighted by molar-refractivity contribution is 5.69. The zero-order chi connectivity index (χ0) is 26.6. The third-order valence-electron chi connectivity index (χ3n) is 6.54. The summed E-state index contributed by atoms with van der Waals surface area (Å²) in [6.07, 6.45) is -0.488. The minimum absolute atomic E-state index is 0.130. The lowest BCUT2D eigenvalue weighted by Crippen LogP contribution is -2.51. The minimum Gasteiger partial charge on any atom is -0.469 e. The van der Waals surface area contributed by atoms with Crippen LogP contribution in [0.25, 0.3) is 0 Å². The van der Waals surface area contributed by atoms with Crippen LogP contribution >= 0.6 is 0 Å². The smallest absolute Gasteiger partial charge is 0.305 e. The van der Waals surface area contributed by atoms with Crippen LogP contribution in [0.1, 0.15) is 29.5 Å². The standard InChI is InChI=1S/C31H37NO6/c1-34-28(33)18-17-27-30(38-27)31(37-21-25-15-9-4-10-16-25)29(36-20-24-13-7-3-8-14-24)26(32)22-35-19-23-11-5-2-6-12-23/h2-16,26-27,29-31H,17-22,32H2,1H3/t26-,27+,29-,30-,31+/m1/s1. The molecule has 1 aliphatic heterocycles. The summed E-state index contributed by atoms with van der Waals surface area (Å²) < 4.78 is 29.7. The Bertz CT molecular complexity index is 1080. The van der Waals surface area contributed by atoms with Crippen molar-refractivity contribution >= 4 is 5.97 Å². The Labute approximate surface area is 224 Å².